The summed E-state index contributed by atoms with van der Waals surface area (Å²) in [5.74, 6) is -0.701. The smallest absolute Gasteiger partial charge is 0.333 e. The number of carbonyl (C=O) groups excluding carboxylic acids is 1. The zero-order valence-electron chi connectivity index (χ0n) is 11.5. The lowest BCUT2D eigenvalue weighted by Gasteiger charge is -2.36. The van der Waals surface area contributed by atoms with E-state index in [0.717, 1.165) is 17.7 Å². The van der Waals surface area contributed by atoms with Crippen LogP contribution in [0.15, 0.2) is 0 Å². The van der Waals surface area contributed by atoms with Crippen molar-refractivity contribution >= 4 is 5.91 Å². The molecule has 1 amide bonds. The molecule has 0 aliphatic heterocycles. The first kappa shape index (κ1) is 16.3. The van der Waals surface area contributed by atoms with E-state index in [-0.39, 0.29) is 18.5 Å². The number of nitrogens with two attached hydrogens (primary N) is 1. The maximum absolute atomic E-state index is 12.5. The van der Waals surface area contributed by atoms with E-state index in [9.17, 15) is 18.0 Å². The fourth-order valence-electron chi connectivity index (χ4n) is 2.72. The van der Waals surface area contributed by atoms with Crippen LogP contribution in [0, 0.1) is 11.8 Å². The first-order valence-electron chi connectivity index (χ1n) is 6.87. The average molecular weight is 280 g/mol. The number of hydrogen-bond acceptors (Lipinski definition) is 2. The van der Waals surface area contributed by atoms with Gasteiger partial charge in [-0.15, -0.1) is 0 Å². The van der Waals surface area contributed by atoms with Crippen molar-refractivity contribution in [2.24, 2.45) is 17.6 Å². The molecule has 0 saturated heterocycles. The van der Waals surface area contributed by atoms with Crippen LogP contribution in [0.25, 0.3) is 0 Å². The fourth-order valence-corrected chi connectivity index (χ4v) is 2.72. The molecule has 3 nitrogen and oxygen atoms in total. The molecule has 3 unspecified atom stereocenters. The summed E-state index contributed by atoms with van der Waals surface area (Å²) in [6, 6.07) is -0.325. The third kappa shape index (κ3) is 4.67. The third-order valence-electron chi connectivity index (χ3n) is 3.79. The molecule has 0 spiro atoms. The van der Waals surface area contributed by atoms with Crippen molar-refractivity contribution < 1.29 is 18.0 Å². The van der Waals surface area contributed by atoms with Gasteiger partial charge >= 0.3 is 6.18 Å². The van der Waals surface area contributed by atoms with Crippen LogP contribution < -0.4 is 5.73 Å². The Morgan fingerprint density at radius 1 is 1.37 bits per heavy atom. The molecule has 0 aromatic rings. The molecule has 1 fully saturated rings. The average Bonchev–Trinajstić information content (AvgIpc) is 2.30. The van der Waals surface area contributed by atoms with Gasteiger partial charge in [-0.25, -0.2) is 0 Å². The number of halogens is 3. The predicted molar refractivity (Wildman–Crippen MR) is 67.4 cm³/mol. The van der Waals surface area contributed by atoms with Crippen LogP contribution in [0.5, 0.6) is 0 Å². The highest BCUT2D eigenvalue weighted by Gasteiger charge is 2.39. The molecule has 3 atom stereocenters. The van der Waals surface area contributed by atoms with Crippen LogP contribution in [0.4, 0.5) is 13.2 Å². The minimum atomic E-state index is -4.35. The van der Waals surface area contributed by atoms with Gasteiger partial charge in [0.2, 0.25) is 5.91 Å². The summed E-state index contributed by atoms with van der Waals surface area (Å²) in [5, 5.41) is 0. The zero-order chi connectivity index (χ0) is 14.6. The van der Waals surface area contributed by atoms with Crippen molar-refractivity contribution in [1.29, 1.82) is 0 Å². The topological polar surface area (TPSA) is 46.3 Å². The lowest BCUT2D eigenvalue weighted by atomic mass is 9.77. The van der Waals surface area contributed by atoms with Crippen molar-refractivity contribution in [3.8, 4) is 0 Å². The second-order valence-corrected chi connectivity index (χ2v) is 5.47. The summed E-state index contributed by atoms with van der Waals surface area (Å²) >= 11 is 0. The largest absolute Gasteiger partial charge is 0.406 e. The molecule has 2 N–H and O–H groups in total. The van der Waals surface area contributed by atoms with Crippen LogP contribution >= 0.6 is 0 Å². The molecule has 6 heteroatoms. The van der Waals surface area contributed by atoms with Gasteiger partial charge in [-0.2, -0.15) is 13.2 Å². The van der Waals surface area contributed by atoms with Gasteiger partial charge in [0, 0.05) is 12.6 Å². The van der Waals surface area contributed by atoms with Crippen LogP contribution in [0.1, 0.15) is 39.5 Å². The van der Waals surface area contributed by atoms with Gasteiger partial charge < -0.3 is 10.6 Å². The van der Waals surface area contributed by atoms with E-state index in [0.29, 0.717) is 12.8 Å². The Morgan fingerprint density at radius 3 is 2.53 bits per heavy atom. The maximum atomic E-state index is 12.5. The van der Waals surface area contributed by atoms with Gasteiger partial charge in [-0.1, -0.05) is 20.3 Å². The van der Waals surface area contributed by atoms with Gasteiger partial charge in [0.1, 0.15) is 6.54 Å². The molecule has 1 aliphatic rings. The summed E-state index contributed by atoms with van der Waals surface area (Å²) in [7, 11) is 0. The molecule has 112 valence electrons. The number of alkyl halides is 3. The second kappa shape index (κ2) is 6.59. The molecule has 0 heterocycles. The molecule has 0 radical (unpaired) electrons. The Labute approximate surface area is 112 Å². The highest BCUT2D eigenvalue weighted by molar-refractivity contribution is 5.79. The molecule has 0 aromatic carbocycles. The molecular weight excluding hydrogens is 257 g/mol. The minimum absolute atomic E-state index is 0.135. The number of carbonyl (C=O) groups is 1. The highest BCUT2D eigenvalue weighted by Crippen LogP contribution is 2.30. The summed E-state index contributed by atoms with van der Waals surface area (Å²) < 4.78 is 37.5. The lowest BCUT2D eigenvalue weighted by molar-refractivity contribution is -0.165. The van der Waals surface area contributed by atoms with Crippen LogP contribution in [-0.2, 0) is 4.79 Å². The summed E-state index contributed by atoms with van der Waals surface area (Å²) in [6.07, 6.45) is -1.44. The van der Waals surface area contributed by atoms with Crippen molar-refractivity contribution in [1.82, 2.24) is 4.90 Å². The number of hydrogen-bond donors (Lipinski definition) is 1. The number of rotatable bonds is 4. The highest BCUT2D eigenvalue weighted by atomic mass is 19.4. The molecule has 0 aromatic heterocycles. The summed E-state index contributed by atoms with van der Waals surface area (Å²) in [5.41, 5.74) is 5.99. The standard InChI is InChI=1S/C13H23F3N2O/c1-3-7-18(8-13(14,15)16)12(19)10-6-4-5-9(2)11(10)17/h9-11H,3-8,17H2,1-2H3. The fraction of sp³-hybridized carbons (Fsp3) is 0.923. The molecule has 19 heavy (non-hydrogen) atoms. The molecule has 0 bridgehead atoms. The van der Waals surface area contributed by atoms with Crippen molar-refractivity contribution in [2.75, 3.05) is 13.1 Å². The Hall–Kier alpha value is -0.780. The first-order valence-corrected chi connectivity index (χ1v) is 6.87. The van der Waals surface area contributed by atoms with Crippen molar-refractivity contribution in [3.05, 3.63) is 0 Å². The quantitative estimate of drug-likeness (QED) is 0.860. The van der Waals surface area contributed by atoms with Crippen LogP contribution in [-0.4, -0.2) is 36.1 Å². The van der Waals surface area contributed by atoms with E-state index >= 15 is 0 Å². The van der Waals surface area contributed by atoms with Gasteiger partial charge in [-0.3, -0.25) is 4.79 Å². The second-order valence-electron chi connectivity index (χ2n) is 5.47. The van der Waals surface area contributed by atoms with E-state index in [2.05, 4.69) is 0 Å². The summed E-state index contributed by atoms with van der Waals surface area (Å²) in [4.78, 5) is 13.2. The van der Waals surface area contributed by atoms with Crippen molar-refractivity contribution in [3.63, 3.8) is 0 Å². The zero-order valence-corrected chi connectivity index (χ0v) is 11.5. The van der Waals surface area contributed by atoms with Gasteiger partial charge in [-0.05, 0) is 25.2 Å². The first-order chi connectivity index (χ1) is 8.76. The predicted octanol–water partition coefficient (Wildman–Crippen LogP) is 2.55. The molecular formula is C13H23F3N2O. The van der Waals surface area contributed by atoms with Crippen molar-refractivity contribution in [2.45, 2.75) is 51.7 Å². The maximum Gasteiger partial charge on any atom is 0.406 e. The van der Waals surface area contributed by atoms with E-state index in [1.165, 1.54) is 0 Å². The Bertz CT molecular complexity index is 307. The van der Waals surface area contributed by atoms with Crippen LogP contribution in [0.2, 0.25) is 0 Å². The Morgan fingerprint density at radius 2 is 2.00 bits per heavy atom. The molecule has 1 saturated carbocycles. The third-order valence-corrected chi connectivity index (χ3v) is 3.79. The number of amides is 1. The lowest BCUT2D eigenvalue weighted by Crippen LogP contribution is -2.50. The minimum Gasteiger partial charge on any atom is -0.333 e. The van der Waals surface area contributed by atoms with E-state index in [4.69, 9.17) is 5.73 Å². The van der Waals surface area contributed by atoms with Gasteiger partial charge in [0.05, 0.1) is 5.92 Å². The molecule has 1 rings (SSSR count). The Kier molecular flexibility index (Phi) is 5.64. The van der Waals surface area contributed by atoms with Gasteiger partial charge in [0.25, 0.3) is 0 Å². The van der Waals surface area contributed by atoms with Crippen LogP contribution in [0.3, 0.4) is 0 Å². The van der Waals surface area contributed by atoms with E-state index < -0.39 is 24.5 Å². The van der Waals surface area contributed by atoms with E-state index in [1.54, 1.807) is 6.92 Å². The number of nitrogens with zero attached hydrogens (tertiary/aromatic N) is 1. The summed E-state index contributed by atoms with van der Waals surface area (Å²) in [6.45, 7) is 2.69. The SMILES string of the molecule is CCCN(CC(F)(F)F)C(=O)C1CCCC(C)C1N. The molecule has 1 aliphatic carbocycles. The monoisotopic (exact) mass is 280 g/mol. The van der Waals surface area contributed by atoms with E-state index in [1.807, 2.05) is 6.92 Å². The van der Waals surface area contributed by atoms with Gasteiger partial charge in [0.15, 0.2) is 0 Å². The normalized spacial score (nSPS) is 28.2. The Balaban J connectivity index is 2.75.